The van der Waals surface area contributed by atoms with Gasteiger partial charge in [0.25, 0.3) is 10.0 Å². The van der Waals surface area contributed by atoms with Gasteiger partial charge in [-0.1, -0.05) is 29.8 Å². The average molecular weight is 451 g/mol. The first-order valence-corrected chi connectivity index (χ1v) is 11.2. The van der Waals surface area contributed by atoms with Crippen molar-refractivity contribution in [3.05, 3.63) is 72.3 Å². The van der Waals surface area contributed by atoms with E-state index in [0.717, 1.165) is 5.56 Å². The minimum Gasteiger partial charge on any atom is -0.497 e. The first-order valence-electron chi connectivity index (χ1n) is 9.75. The first-order chi connectivity index (χ1) is 15.4. The Morgan fingerprint density at radius 3 is 2.09 bits per heavy atom. The van der Waals surface area contributed by atoms with Gasteiger partial charge >= 0.3 is 0 Å². The Hall–Kier alpha value is -3.85. The van der Waals surface area contributed by atoms with Gasteiger partial charge in [0.15, 0.2) is 11.6 Å². The Labute approximate surface area is 186 Å². The number of aromatic nitrogens is 2. The van der Waals surface area contributed by atoms with E-state index >= 15 is 0 Å². The van der Waals surface area contributed by atoms with Crippen molar-refractivity contribution in [2.45, 2.75) is 11.8 Å². The largest absolute Gasteiger partial charge is 0.497 e. The van der Waals surface area contributed by atoms with Crippen LogP contribution in [0, 0.1) is 6.92 Å². The molecule has 0 radical (unpaired) electrons. The standard InChI is InChI=1S/C23H22N4O4S/c1-15-8-11-17(12-9-15)32(28,29)27-23-22(24-18-6-4-5-7-19(18)25-23)26-20-14-16(30-2)10-13-21(20)31-3/h4-14H,1-3H3,(H,24,26)(H,25,27). The number of hydrogen-bond donors (Lipinski definition) is 2. The molecule has 0 unspecified atom stereocenters. The number of benzene rings is 3. The third kappa shape index (κ3) is 4.42. The number of aryl methyl sites for hydroxylation is 1. The van der Waals surface area contributed by atoms with Gasteiger partial charge in [0.1, 0.15) is 11.5 Å². The van der Waals surface area contributed by atoms with Gasteiger partial charge in [0, 0.05) is 6.07 Å². The number of anilines is 3. The van der Waals surface area contributed by atoms with Crippen LogP contribution in [0.4, 0.5) is 17.3 Å². The van der Waals surface area contributed by atoms with E-state index < -0.39 is 10.0 Å². The fraction of sp³-hybridized carbons (Fsp3) is 0.130. The number of hydrogen-bond acceptors (Lipinski definition) is 7. The highest BCUT2D eigenvalue weighted by Crippen LogP contribution is 2.34. The van der Waals surface area contributed by atoms with E-state index in [1.54, 1.807) is 68.8 Å². The molecule has 2 N–H and O–H groups in total. The Bertz CT molecular complexity index is 1370. The van der Waals surface area contributed by atoms with Crippen LogP contribution in [0.1, 0.15) is 5.56 Å². The predicted molar refractivity (Wildman–Crippen MR) is 124 cm³/mol. The van der Waals surface area contributed by atoms with Crippen LogP contribution >= 0.6 is 0 Å². The summed E-state index contributed by atoms with van der Waals surface area (Å²) in [5, 5.41) is 3.14. The Balaban J connectivity index is 1.80. The van der Waals surface area contributed by atoms with Crippen molar-refractivity contribution < 1.29 is 17.9 Å². The molecule has 1 heterocycles. The van der Waals surface area contributed by atoms with Crippen molar-refractivity contribution in [3.63, 3.8) is 0 Å². The van der Waals surface area contributed by atoms with Crippen LogP contribution in [0.15, 0.2) is 71.6 Å². The molecule has 0 saturated carbocycles. The van der Waals surface area contributed by atoms with E-state index in [0.29, 0.717) is 28.2 Å². The highest BCUT2D eigenvalue weighted by atomic mass is 32.2. The van der Waals surface area contributed by atoms with Crippen LogP contribution < -0.4 is 19.5 Å². The number of fused-ring (bicyclic) bond motifs is 1. The average Bonchev–Trinajstić information content (AvgIpc) is 2.79. The van der Waals surface area contributed by atoms with Gasteiger partial charge in [-0.05, 0) is 43.3 Å². The lowest BCUT2D eigenvalue weighted by atomic mass is 10.2. The third-order valence-electron chi connectivity index (χ3n) is 4.79. The van der Waals surface area contributed by atoms with Crippen molar-refractivity contribution in [1.29, 1.82) is 0 Å². The zero-order chi connectivity index (χ0) is 22.7. The monoisotopic (exact) mass is 450 g/mol. The van der Waals surface area contributed by atoms with Crippen LogP contribution in [-0.2, 0) is 10.0 Å². The summed E-state index contributed by atoms with van der Waals surface area (Å²) >= 11 is 0. The molecule has 164 valence electrons. The molecule has 0 saturated heterocycles. The molecule has 32 heavy (non-hydrogen) atoms. The second-order valence-corrected chi connectivity index (χ2v) is 8.70. The molecule has 0 fully saturated rings. The molecule has 0 atom stereocenters. The zero-order valence-electron chi connectivity index (χ0n) is 17.8. The summed E-state index contributed by atoms with van der Waals surface area (Å²) in [6.45, 7) is 1.89. The maximum Gasteiger partial charge on any atom is 0.263 e. The number of para-hydroxylation sites is 2. The van der Waals surface area contributed by atoms with Gasteiger partial charge in [-0.15, -0.1) is 0 Å². The first kappa shape index (κ1) is 21.4. The molecule has 0 bridgehead atoms. The van der Waals surface area contributed by atoms with Crippen molar-refractivity contribution in [2.75, 3.05) is 24.3 Å². The maximum absolute atomic E-state index is 13.0. The van der Waals surface area contributed by atoms with Crippen molar-refractivity contribution in [2.24, 2.45) is 0 Å². The van der Waals surface area contributed by atoms with E-state index in [4.69, 9.17) is 9.47 Å². The van der Waals surface area contributed by atoms with E-state index in [1.165, 1.54) is 0 Å². The summed E-state index contributed by atoms with van der Waals surface area (Å²) in [7, 11) is -0.791. The number of rotatable bonds is 7. The van der Waals surface area contributed by atoms with E-state index in [9.17, 15) is 8.42 Å². The summed E-state index contributed by atoms with van der Waals surface area (Å²) < 4.78 is 39.3. The maximum atomic E-state index is 13.0. The van der Waals surface area contributed by atoms with Crippen LogP contribution in [0.2, 0.25) is 0 Å². The second kappa shape index (κ2) is 8.72. The summed E-state index contributed by atoms with van der Waals surface area (Å²) in [6, 6.07) is 19.0. The van der Waals surface area contributed by atoms with Crippen molar-refractivity contribution in [3.8, 4) is 11.5 Å². The molecule has 4 rings (SSSR count). The Morgan fingerprint density at radius 1 is 0.812 bits per heavy atom. The van der Waals surface area contributed by atoms with Gasteiger partial charge in [-0.25, -0.2) is 18.4 Å². The van der Waals surface area contributed by atoms with E-state index in [2.05, 4.69) is 20.0 Å². The summed E-state index contributed by atoms with van der Waals surface area (Å²) in [6.07, 6.45) is 0. The number of ether oxygens (including phenoxy) is 2. The SMILES string of the molecule is COc1ccc(OC)c(Nc2nc3ccccc3nc2NS(=O)(=O)c2ccc(C)cc2)c1. The van der Waals surface area contributed by atoms with E-state index in [1.807, 2.05) is 19.1 Å². The number of nitrogens with zero attached hydrogens (tertiary/aromatic N) is 2. The molecule has 0 amide bonds. The molecular formula is C23H22N4O4S. The third-order valence-corrected chi connectivity index (χ3v) is 6.15. The molecule has 0 aliphatic carbocycles. The summed E-state index contributed by atoms with van der Waals surface area (Å²) in [5.74, 6) is 1.43. The molecule has 4 aromatic rings. The summed E-state index contributed by atoms with van der Waals surface area (Å²) in [5.41, 5.74) is 2.67. The lowest BCUT2D eigenvalue weighted by molar-refractivity contribution is 0.405. The minimum absolute atomic E-state index is 0.0640. The highest BCUT2D eigenvalue weighted by molar-refractivity contribution is 7.92. The van der Waals surface area contributed by atoms with Gasteiger partial charge in [0.2, 0.25) is 0 Å². The second-order valence-electron chi connectivity index (χ2n) is 7.02. The molecule has 3 aromatic carbocycles. The Kier molecular flexibility index (Phi) is 5.83. The zero-order valence-corrected chi connectivity index (χ0v) is 18.6. The molecule has 0 spiro atoms. The lowest BCUT2D eigenvalue weighted by Gasteiger charge is -2.16. The van der Waals surface area contributed by atoms with Crippen LogP contribution in [0.25, 0.3) is 11.0 Å². The van der Waals surface area contributed by atoms with E-state index in [-0.39, 0.29) is 16.5 Å². The van der Waals surface area contributed by atoms with Gasteiger partial charge < -0.3 is 14.8 Å². The number of methoxy groups -OCH3 is 2. The molecule has 0 aliphatic rings. The quantitative estimate of drug-likeness (QED) is 0.427. The topological polar surface area (TPSA) is 102 Å². The van der Waals surface area contributed by atoms with Crippen LogP contribution in [0.5, 0.6) is 11.5 Å². The smallest absolute Gasteiger partial charge is 0.263 e. The molecule has 9 heteroatoms. The molecule has 1 aromatic heterocycles. The van der Waals surface area contributed by atoms with Crippen molar-refractivity contribution in [1.82, 2.24) is 9.97 Å². The number of sulfonamides is 1. The fourth-order valence-electron chi connectivity index (χ4n) is 3.10. The highest BCUT2D eigenvalue weighted by Gasteiger charge is 2.20. The van der Waals surface area contributed by atoms with Gasteiger partial charge in [-0.2, -0.15) is 0 Å². The summed E-state index contributed by atoms with van der Waals surface area (Å²) in [4.78, 5) is 9.23. The van der Waals surface area contributed by atoms with Crippen molar-refractivity contribution >= 4 is 38.4 Å². The normalized spacial score (nSPS) is 11.2. The Morgan fingerprint density at radius 2 is 1.47 bits per heavy atom. The fourth-order valence-corrected chi connectivity index (χ4v) is 4.11. The van der Waals surface area contributed by atoms with Crippen LogP contribution in [-0.4, -0.2) is 32.6 Å². The van der Waals surface area contributed by atoms with Crippen LogP contribution in [0.3, 0.4) is 0 Å². The van der Waals surface area contributed by atoms with Gasteiger partial charge in [-0.3, -0.25) is 4.72 Å². The molecule has 0 aliphatic heterocycles. The minimum atomic E-state index is -3.89. The van der Waals surface area contributed by atoms with Gasteiger partial charge in [0.05, 0.1) is 35.8 Å². The molecule has 8 nitrogen and oxygen atoms in total. The predicted octanol–water partition coefficient (Wildman–Crippen LogP) is 4.50. The lowest BCUT2D eigenvalue weighted by Crippen LogP contribution is -2.16. The molecular weight excluding hydrogens is 428 g/mol. The number of nitrogens with one attached hydrogen (secondary N) is 2.